The number of rotatable bonds is 5. The molecule has 138 valence electrons. The Hall–Kier alpha value is -3.38. The van der Waals surface area contributed by atoms with E-state index < -0.39 is 0 Å². The fourth-order valence-electron chi connectivity index (χ4n) is 3.18. The lowest BCUT2D eigenvalue weighted by Crippen LogP contribution is -2.01. The summed E-state index contributed by atoms with van der Waals surface area (Å²) in [7, 11) is 0. The monoisotopic (exact) mass is 387 g/mol. The van der Waals surface area contributed by atoms with Crippen LogP contribution >= 0.6 is 11.3 Å². The van der Waals surface area contributed by atoms with Crippen LogP contribution in [-0.2, 0) is 6.54 Å². The fraction of sp³-hybridized carbons (Fsp3) is 0.0909. The van der Waals surface area contributed by atoms with E-state index in [0.717, 1.165) is 49.1 Å². The summed E-state index contributed by atoms with van der Waals surface area (Å²) in [5.74, 6) is 2.41. The molecule has 28 heavy (non-hydrogen) atoms. The topological polar surface area (TPSA) is 56.3 Å². The van der Waals surface area contributed by atoms with E-state index in [-0.39, 0.29) is 6.79 Å². The Morgan fingerprint density at radius 2 is 2.00 bits per heavy atom. The van der Waals surface area contributed by atoms with Gasteiger partial charge in [-0.2, -0.15) is 0 Å². The van der Waals surface area contributed by atoms with E-state index in [1.165, 1.54) is 0 Å². The lowest BCUT2D eigenvalue weighted by Gasteiger charge is -2.07. The first kappa shape index (κ1) is 16.8. The maximum Gasteiger partial charge on any atom is 0.231 e. The molecule has 1 N–H and O–H groups in total. The smallest absolute Gasteiger partial charge is 0.231 e. The highest BCUT2D eigenvalue weighted by molar-refractivity contribution is 7.22. The molecule has 0 fully saturated rings. The van der Waals surface area contributed by atoms with Crippen LogP contribution in [0.5, 0.6) is 11.5 Å². The first-order valence-corrected chi connectivity index (χ1v) is 9.71. The molecular weight excluding hydrogens is 370 g/mol. The molecule has 5 rings (SSSR count). The van der Waals surface area contributed by atoms with Gasteiger partial charge in [-0.25, -0.2) is 9.97 Å². The molecule has 5 nitrogen and oxygen atoms in total. The van der Waals surface area contributed by atoms with E-state index in [2.05, 4.69) is 40.1 Å². The number of fused-ring (bicyclic) bond motifs is 2. The highest BCUT2D eigenvalue weighted by Crippen LogP contribution is 2.36. The molecule has 0 unspecified atom stereocenters. The Balaban J connectivity index is 1.43. The van der Waals surface area contributed by atoms with Crippen molar-refractivity contribution in [2.24, 2.45) is 0 Å². The molecule has 0 saturated carbocycles. The molecule has 0 amide bonds. The van der Waals surface area contributed by atoms with Crippen molar-refractivity contribution >= 4 is 33.4 Å². The quantitative estimate of drug-likeness (QED) is 0.501. The molecule has 4 aromatic rings. The second-order valence-electron chi connectivity index (χ2n) is 6.42. The van der Waals surface area contributed by atoms with Crippen molar-refractivity contribution in [1.29, 1.82) is 0 Å². The van der Waals surface area contributed by atoms with Crippen molar-refractivity contribution in [3.05, 3.63) is 72.6 Å². The molecule has 0 aliphatic carbocycles. The van der Waals surface area contributed by atoms with Crippen LogP contribution in [0.15, 0.2) is 61.4 Å². The van der Waals surface area contributed by atoms with Gasteiger partial charge in [-0.05, 0) is 41.0 Å². The van der Waals surface area contributed by atoms with Crippen molar-refractivity contribution in [1.82, 2.24) is 9.97 Å². The Bertz CT molecular complexity index is 1190. The summed E-state index contributed by atoms with van der Waals surface area (Å²) in [6, 6.07) is 16.4. The Labute approximate surface area is 166 Å². The summed E-state index contributed by atoms with van der Waals surface area (Å²) in [4.78, 5) is 10.0. The largest absolute Gasteiger partial charge is 0.454 e. The average Bonchev–Trinajstić information content (AvgIpc) is 3.39. The summed E-state index contributed by atoms with van der Waals surface area (Å²) in [6.45, 7) is 4.77. The maximum atomic E-state index is 5.45. The summed E-state index contributed by atoms with van der Waals surface area (Å²) < 4.78 is 11.9. The van der Waals surface area contributed by atoms with Crippen LogP contribution in [-0.4, -0.2) is 16.8 Å². The van der Waals surface area contributed by atoms with Crippen LogP contribution in [0.25, 0.3) is 26.7 Å². The number of benzene rings is 2. The van der Waals surface area contributed by atoms with Crippen LogP contribution in [0.2, 0.25) is 0 Å². The maximum absolute atomic E-state index is 5.45. The lowest BCUT2D eigenvalue weighted by molar-refractivity contribution is 0.174. The minimum atomic E-state index is 0.282. The van der Waals surface area contributed by atoms with Crippen molar-refractivity contribution in [2.75, 3.05) is 12.1 Å². The molecule has 0 radical (unpaired) electrons. The van der Waals surface area contributed by atoms with E-state index >= 15 is 0 Å². The molecule has 6 heteroatoms. The third kappa shape index (κ3) is 3.08. The standard InChI is InChI=1S/C22H17N3O2S/c1-2-14-4-3-5-16(8-14)20-10-17-21(28-20)22(25-12-24-17)23-11-15-6-7-18-19(9-15)27-13-26-18/h2-10,12H,1,11,13H2,(H,23,24,25). The van der Waals surface area contributed by atoms with Crippen molar-refractivity contribution in [3.8, 4) is 21.9 Å². The minimum Gasteiger partial charge on any atom is -0.454 e. The summed E-state index contributed by atoms with van der Waals surface area (Å²) in [6.07, 6.45) is 3.45. The average molecular weight is 387 g/mol. The SMILES string of the molecule is C=Cc1cccc(-c2cc3ncnc(NCc4ccc5c(c4)OCO5)c3s2)c1. The van der Waals surface area contributed by atoms with Gasteiger partial charge >= 0.3 is 0 Å². The van der Waals surface area contributed by atoms with Gasteiger partial charge in [-0.15, -0.1) is 11.3 Å². The zero-order valence-electron chi connectivity index (χ0n) is 15.0. The Morgan fingerprint density at radius 1 is 1.07 bits per heavy atom. The number of anilines is 1. The van der Waals surface area contributed by atoms with Crippen molar-refractivity contribution in [3.63, 3.8) is 0 Å². The second kappa shape index (κ2) is 6.98. The Morgan fingerprint density at radius 3 is 2.93 bits per heavy atom. The van der Waals surface area contributed by atoms with Crippen LogP contribution in [0.1, 0.15) is 11.1 Å². The van der Waals surface area contributed by atoms with Gasteiger partial charge in [-0.3, -0.25) is 0 Å². The number of nitrogens with one attached hydrogen (secondary N) is 1. The van der Waals surface area contributed by atoms with Crippen molar-refractivity contribution in [2.45, 2.75) is 6.54 Å². The first-order valence-electron chi connectivity index (χ1n) is 8.90. The summed E-state index contributed by atoms with van der Waals surface area (Å²) in [5, 5.41) is 3.43. The van der Waals surface area contributed by atoms with Crippen LogP contribution in [0, 0.1) is 0 Å². The van der Waals surface area contributed by atoms with E-state index in [0.29, 0.717) is 6.54 Å². The number of hydrogen-bond acceptors (Lipinski definition) is 6. The van der Waals surface area contributed by atoms with E-state index in [1.807, 2.05) is 36.4 Å². The zero-order valence-corrected chi connectivity index (χ0v) is 15.8. The first-order chi connectivity index (χ1) is 13.8. The van der Waals surface area contributed by atoms with E-state index in [4.69, 9.17) is 9.47 Å². The van der Waals surface area contributed by atoms with E-state index in [1.54, 1.807) is 17.7 Å². The minimum absolute atomic E-state index is 0.282. The van der Waals surface area contributed by atoms with Crippen LogP contribution in [0.3, 0.4) is 0 Å². The third-order valence-electron chi connectivity index (χ3n) is 4.61. The number of ether oxygens (including phenoxy) is 2. The molecular formula is C22H17N3O2S. The third-order valence-corrected chi connectivity index (χ3v) is 5.80. The molecule has 2 aromatic carbocycles. The number of aromatic nitrogens is 2. The zero-order chi connectivity index (χ0) is 18.9. The van der Waals surface area contributed by atoms with Crippen molar-refractivity contribution < 1.29 is 9.47 Å². The van der Waals surface area contributed by atoms with Gasteiger partial charge in [0.1, 0.15) is 12.1 Å². The molecule has 3 heterocycles. The van der Waals surface area contributed by atoms with Gasteiger partial charge in [0.2, 0.25) is 6.79 Å². The van der Waals surface area contributed by atoms with E-state index in [9.17, 15) is 0 Å². The molecule has 1 aliphatic heterocycles. The van der Waals surface area contributed by atoms with Gasteiger partial charge in [0, 0.05) is 11.4 Å². The lowest BCUT2D eigenvalue weighted by atomic mass is 10.1. The van der Waals surface area contributed by atoms with Crippen LogP contribution < -0.4 is 14.8 Å². The molecule has 2 aromatic heterocycles. The number of nitrogens with zero attached hydrogens (tertiary/aromatic N) is 2. The van der Waals surface area contributed by atoms with Crippen LogP contribution in [0.4, 0.5) is 5.82 Å². The number of thiophene rings is 1. The van der Waals surface area contributed by atoms with Gasteiger partial charge in [-0.1, -0.05) is 36.9 Å². The van der Waals surface area contributed by atoms with Gasteiger partial charge in [0.05, 0.1) is 10.2 Å². The molecule has 0 atom stereocenters. The fourth-order valence-corrected chi connectivity index (χ4v) is 4.25. The summed E-state index contributed by atoms with van der Waals surface area (Å²) >= 11 is 1.68. The summed E-state index contributed by atoms with van der Waals surface area (Å²) in [5.41, 5.74) is 4.29. The predicted octanol–water partition coefficient (Wildman–Crippen LogP) is 5.34. The van der Waals surface area contributed by atoms with Gasteiger partial charge in [0.25, 0.3) is 0 Å². The molecule has 0 bridgehead atoms. The highest BCUT2D eigenvalue weighted by Gasteiger charge is 2.14. The molecule has 0 saturated heterocycles. The predicted molar refractivity (Wildman–Crippen MR) is 113 cm³/mol. The molecule has 1 aliphatic rings. The highest BCUT2D eigenvalue weighted by atomic mass is 32.1. The van der Waals surface area contributed by atoms with Gasteiger partial charge in [0.15, 0.2) is 11.5 Å². The Kier molecular flexibility index (Phi) is 4.18. The number of hydrogen-bond donors (Lipinski definition) is 1. The second-order valence-corrected chi connectivity index (χ2v) is 7.47. The normalized spacial score (nSPS) is 12.3. The molecule has 0 spiro atoms. The van der Waals surface area contributed by atoms with Gasteiger partial charge < -0.3 is 14.8 Å².